The summed E-state index contributed by atoms with van der Waals surface area (Å²) in [5.41, 5.74) is 6.60. The summed E-state index contributed by atoms with van der Waals surface area (Å²) < 4.78 is 22.5. The number of rotatable bonds is 7. The third-order valence-electron chi connectivity index (χ3n) is 5.78. The van der Waals surface area contributed by atoms with Crippen molar-refractivity contribution in [1.29, 1.82) is 0 Å². The van der Waals surface area contributed by atoms with Crippen LogP contribution in [0.25, 0.3) is 27.6 Å². The van der Waals surface area contributed by atoms with E-state index in [9.17, 15) is 9.59 Å². The number of nitrogens with zero attached hydrogens (tertiary/aromatic N) is 2. The largest absolute Gasteiger partial charge is 0.478 e. The molecule has 0 spiro atoms. The molecule has 0 fully saturated rings. The number of hydrogen-bond acceptors (Lipinski definition) is 7. The maximum atomic E-state index is 12.1. The number of oxazole rings is 1. The van der Waals surface area contributed by atoms with Gasteiger partial charge in [-0.25, -0.2) is 4.79 Å². The maximum Gasteiger partial charge on any atom is 0.419 e. The van der Waals surface area contributed by atoms with Gasteiger partial charge in [0.15, 0.2) is 11.2 Å². The van der Waals surface area contributed by atoms with Crippen LogP contribution in [0.4, 0.5) is 0 Å². The molecular weight excluding hydrogens is 424 g/mol. The minimum atomic E-state index is -0.402. The van der Waals surface area contributed by atoms with Gasteiger partial charge < -0.3 is 18.4 Å². The highest BCUT2D eigenvalue weighted by Crippen LogP contribution is 2.35. The van der Waals surface area contributed by atoms with Crippen LogP contribution < -0.4 is 10.5 Å². The Bertz CT molecular complexity index is 1440. The van der Waals surface area contributed by atoms with Gasteiger partial charge in [-0.05, 0) is 83.9 Å². The van der Waals surface area contributed by atoms with Crippen LogP contribution >= 0.6 is 0 Å². The first-order valence-electron chi connectivity index (χ1n) is 10.7. The van der Waals surface area contributed by atoms with Crippen molar-refractivity contribution in [3.63, 3.8) is 0 Å². The summed E-state index contributed by atoms with van der Waals surface area (Å²) in [7, 11) is 4.63. The lowest BCUT2D eigenvalue weighted by molar-refractivity contribution is -0.140. The number of benzene rings is 2. The van der Waals surface area contributed by atoms with Crippen molar-refractivity contribution in [2.75, 3.05) is 14.2 Å². The van der Waals surface area contributed by atoms with Gasteiger partial charge in [0.1, 0.15) is 0 Å². The second-order valence-corrected chi connectivity index (χ2v) is 8.02. The normalized spacial score (nSPS) is 12.0. The molecule has 0 aliphatic carbocycles. The van der Waals surface area contributed by atoms with Crippen molar-refractivity contribution < 1.29 is 23.2 Å². The monoisotopic (exact) mass is 450 g/mol. The Morgan fingerprint density at radius 2 is 1.79 bits per heavy atom. The molecule has 0 saturated carbocycles. The molecule has 2 aromatic carbocycles. The highest BCUT2D eigenvalue weighted by Gasteiger charge is 2.17. The zero-order chi connectivity index (χ0) is 23.7. The van der Waals surface area contributed by atoms with Crippen LogP contribution in [0, 0.1) is 13.8 Å². The molecule has 33 heavy (non-hydrogen) atoms. The van der Waals surface area contributed by atoms with E-state index in [0.717, 1.165) is 38.7 Å². The van der Waals surface area contributed by atoms with Crippen LogP contribution in [0.2, 0.25) is 0 Å². The average molecular weight is 450 g/mol. The first-order chi connectivity index (χ1) is 15.8. The smallest absolute Gasteiger partial charge is 0.419 e. The van der Waals surface area contributed by atoms with Crippen LogP contribution in [0.15, 0.2) is 44.1 Å². The number of unbranched alkanes of at least 4 members (excludes halogenated alkanes) is 1. The van der Waals surface area contributed by atoms with E-state index in [2.05, 4.69) is 11.2 Å². The zero-order valence-electron chi connectivity index (χ0n) is 19.4. The average Bonchev–Trinajstić information content (AvgIpc) is 3.35. The Kier molecular flexibility index (Phi) is 6.09. The Balaban J connectivity index is 1.87. The number of aromatic nitrogens is 2. The van der Waals surface area contributed by atoms with Crippen LogP contribution in [-0.2, 0) is 16.6 Å². The number of ether oxygens (including phenoxy) is 2. The number of allylic oxidation sites excluding steroid dienone is 1. The van der Waals surface area contributed by atoms with Gasteiger partial charge >= 0.3 is 11.7 Å². The standard InChI is InChI=1S/C25H26N2O6/c1-14-10-16(12-19-22(14)33-26-24(19)31-5)18(8-6-7-9-21(28)30-4)17-11-15(2)23-20(13-17)27(3)25(29)32-23/h8,10-13H,6-7,9H2,1-5H3/b18-8+. The summed E-state index contributed by atoms with van der Waals surface area (Å²) in [5.74, 6) is -0.216. The van der Waals surface area contributed by atoms with Crippen molar-refractivity contribution in [2.24, 2.45) is 7.05 Å². The van der Waals surface area contributed by atoms with Gasteiger partial charge in [-0.2, -0.15) is 0 Å². The predicted octanol–water partition coefficient (Wildman–Crippen LogP) is 4.67. The SMILES string of the molecule is COC(=O)CCC/C=C(\c1cc(C)c2onc(OC)c2c1)c1cc(C)c2oc(=O)n(C)c2c1. The van der Waals surface area contributed by atoms with E-state index in [4.69, 9.17) is 18.4 Å². The van der Waals surface area contributed by atoms with Crippen LogP contribution in [0.3, 0.4) is 0 Å². The van der Waals surface area contributed by atoms with E-state index in [0.29, 0.717) is 36.3 Å². The van der Waals surface area contributed by atoms with E-state index in [1.54, 1.807) is 14.2 Å². The minimum Gasteiger partial charge on any atom is -0.478 e. The van der Waals surface area contributed by atoms with E-state index in [1.165, 1.54) is 11.7 Å². The van der Waals surface area contributed by atoms with E-state index >= 15 is 0 Å². The Labute approximate surface area is 190 Å². The second-order valence-electron chi connectivity index (χ2n) is 8.02. The second kappa shape index (κ2) is 8.97. The van der Waals surface area contributed by atoms with Gasteiger partial charge in [0, 0.05) is 13.5 Å². The van der Waals surface area contributed by atoms with Crippen LogP contribution in [0.5, 0.6) is 5.88 Å². The molecule has 0 radical (unpaired) electrons. The third-order valence-corrected chi connectivity index (χ3v) is 5.78. The molecule has 172 valence electrons. The zero-order valence-corrected chi connectivity index (χ0v) is 19.4. The molecule has 2 heterocycles. The Morgan fingerprint density at radius 1 is 1.09 bits per heavy atom. The molecule has 0 unspecified atom stereocenters. The molecule has 8 heteroatoms. The molecule has 2 aromatic heterocycles. The lowest BCUT2D eigenvalue weighted by Crippen LogP contribution is -2.08. The van der Waals surface area contributed by atoms with Crippen molar-refractivity contribution in [3.8, 4) is 5.88 Å². The lowest BCUT2D eigenvalue weighted by Gasteiger charge is -2.12. The highest BCUT2D eigenvalue weighted by atomic mass is 16.5. The van der Waals surface area contributed by atoms with E-state index < -0.39 is 5.76 Å². The fourth-order valence-corrected chi connectivity index (χ4v) is 4.04. The number of aryl methyl sites for hydroxylation is 3. The quantitative estimate of drug-likeness (QED) is 0.298. The molecule has 0 N–H and O–H groups in total. The molecule has 0 amide bonds. The summed E-state index contributed by atoms with van der Waals surface area (Å²) in [6.07, 6.45) is 3.76. The molecule has 4 aromatic rings. The van der Waals surface area contributed by atoms with Crippen molar-refractivity contribution in [2.45, 2.75) is 33.1 Å². The van der Waals surface area contributed by atoms with Gasteiger partial charge in [0.05, 0.1) is 25.1 Å². The summed E-state index contributed by atoms with van der Waals surface area (Å²) >= 11 is 0. The number of hydrogen-bond donors (Lipinski definition) is 0. The summed E-state index contributed by atoms with van der Waals surface area (Å²) in [4.78, 5) is 23.6. The van der Waals surface area contributed by atoms with Crippen molar-refractivity contribution in [1.82, 2.24) is 9.72 Å². The van der Waals surface area contributed by atoms with Crippen molar-refractivity contribution in [3.05, 3.63) is 63.1 Å². The number of carbonyl (C=O) groups excluding carboxylic acids is 1. The molecule has 0 aliphatic heterocycles. The third kappa shape index (κ3) is 4.16. The molecule has 0 aliphatic rings. The summed E-state index contributed by atoms with van der Waals surface area (Å²) in [6.45, 7) is 3.88. The first-order valence-corrected chi connectivity index (χ1v) is 10.7. The molecule has 0 atom stereocenters. The van der Waals surface area contributed by atoms with Crippen LogP contribution in [-0.4, -0.2) is 29.9 Å². The van der Waals surface area contributed by atoms with Gasteiger partial charge in [0.2, 0.25) is 0 Å². The summed E-state index contributed by atoms with van der Waals surface area (Å²) in [6, 6.07) is 7.97. The highest BCUT2D eigenvalue weighted by molar-refractivity contribution is 5.93. The van der Waals surface area contributed by atoms with Crippen LogP contribution in [0.1, 0.15) is 41.5 Å². The van der Waals surface area contributed by atoms with Gasteiger partial charge in [-0.1, -0.05) is 6.08 Å². The molecular formula is C25H26N2O6. The van der Waals surface area contributed by atoms with Gasteiger partial charge in [-0.15, -0.1) is 0 Å². The van der Waals surface area contributed by atoms with E-state index in [1.807, 2.05) is 38.1 Å². The fraction of sp³-hybridized carbons (Fsp3) is 0.320. The van der Waals surface area contributed by atoms with Gasteiger partial charge in [-0.3, -0.25) is 9.36 Å². The Hall–Kier alpha value is -3.81. The molecule has 4 rings (SSSR count). The number of methoxy groups -OCH3 is 2. The number of fused-ring (bicyclic) bond motifs is 2. The molecule has 0 saturated heterocycles. The van der Waals surface area contributed by atoms with Crippen molar-refractivity contribution >= 4 is 33.6 Å². The number of carbonyl (C=O) groups is 1. The summed E-state index contributed by atoms with van der Waals surface area (Å²) in [5, 5.41) is 4.78. The molecule has 8 nitrogen and oxygen atoms in total. The Morgan fingerprint density at radius 3 is 2.48 bits per heavy atom. The lowest BCUT2D eigenvalue weighted by atomic mass is 9.92. The van der Waals surface area contributed by atoms with E-state index in [-0.39, 0.29) is 5.97 Å². The first kappa shape index (κ1) is 22.4. The molecule has 0 bridgehead atoms. The maximum absolute atomic E-state index is 12.1. The fourth-order valence-electron chi connectivity index (χ4n) is 4.04. The minimum absolute atomic E-state index is 0.234. The topological polar surface area (TPSA) is 96.7 Å². The van der Waals surface area contributed by atoms with Gasteiger partial charge in [0.25, 0.3) is 5.88 Å². The predicted molar refractivity (Wildman–Crippen MR) is 124 cm³/mol. The number of esters is 1.